The van der Waals surface area contributed by atoms with Crippen LogP contribution in [0.1, 0.15) is 62.2 Å². The van der Waals surface area contributed by atoms with E-state index in [0.29, 0.717) is 36.1 Å². The Kier molecular flexibility index (Phi) is 7.75. The lowest BCUT2D eigenvalue weighted by atomic mass is 9.54. The van der Waals surface area contributed by atoms with Crippen molar-refractivity contribution in [3.63, 3.8) is 0 Å². The van der Waals surface area contributed by atoms with Crippen molar-refractivity contribution in [1.82, 2.24) is 0 Å². The number of fused-ring (bicyclic) bond motifs is 4. The zero-order valence-corrected chi connectivity index (χ0v) is 23.9. The van der Waals surface area contributed by atoms with Gasteiger partial charge in [0.1, 0.15) is 5.75 Å². The van der Waals surface area contributed by atoms with Crippen LogP contribution in [0.5, 0.6) is 5.75 Å². The number of allylic oxidation sites excluding steroid dienone is 1. The number of carbonyl (C=O) groups excluding carboxylic acids is 2. The Balaban J connectivity index is 1.35. The minimum absolute atomic E-state index is 0.0634. The summed E-state index contributed by atoms with van der Waals surface area (Å²) in [4.78, 5) is 27.3. The molecule has 6 nitrogen and oxygen atoms in total. The highest BCUT2D eigenvalue weighted by atomic mass is 16.5. The first-order valence-corrected chi connectivity index (χ1v) is 14.7. The van der Waals surface area contributed by atoms with Crippen LogP contribution in [0.2, 0.25) is 6.32 Å². The molecule has 0 bridgehead atoms. The lowest BCUT2D eigenvalue weighted by molar-refractivity contribution is 0.0591. The number of hydrogen-bond donors (Lipinski definition) is 3. The SMILES string of the molecule is Cc1cc(/C=C(/CC[C@H]2OB(O)C[C@H]3C2=C(CO)C[C@H]2C(=O)c4ccccc4C(=O)[C@H]23)c2ccccc2)cc(C)c1O. The largest absolute Gasteiger partial charge is 0.507 e. The molecule has 1 heterocycles. The minimum Gasteiger partial charge on any atom is -0.507 e. The number of Topliss-reactive ketones (excluding diaryl/α,β-unsaturated/α-hetero) is 2. The van der Waals surface area contributed by atoms with Gasteiger partial charge in [0.05, 0.1) is 12.7 Å². The average molecular weight is 562 g/mol. The second-order valence-electron chi connectivity index (χ2n) is 11.8. The number of hydrogen-bond acceptors (Lipinski definition) is 6. The molecule has 0 unspecified atom stereocenters. The van der Waals surface area contributed by atoms with Crippen LogP contribution in [-0.4, -0.2) is 46.6 Å². The van der Waals surface area contributed by atoms with E-state index < -0.39 is 25.1 Å². The molecule has 3 N–H and O–H groups in total. The van der Waals surface area contributed by atoms with Gasteiger partial charge in [-0.2, -0.15) is 0 Å². The highest BCUT2D eigenvalue weighted by Gasteiger charge is 2.53. The van der Waals surface area contributed by atoms with Gasteiger partial charge in [0.25, 0.3) is 0 Å². The molecule has 0 amide bonds. The molecular weight excluding hydrogens is 527 g/mol. The fourth-order valence-corrected chi connectivity index (χ4v) is 7.33. The summed E-state index contributed by atoms with van der Waals surface area (Å²) in [5.41, 5.74) is 7.22. The first-order chi connectivity index (χ1) is 20.3. The lowest BCUT2D eigenvalue weighted by Gasteiger charge is -2.47. The maximum atomic E-state index is 13.8. The first-order valence-electron chi connectivity index (χ1n) is 14.7. The fourth-order valence-electron chi connectivity index (χ4n) is 7.33. The molecule has 0 spiro atoms. The number of phenolic OH excluding ortho intramolecular Hbond substituents is 1. The maximum absolute atomic E-state index is 13.8. The molecule has 3 aromatic carbocycles. The number of aliphatic hydroxyl groups excluding tert-OH is 1. The van der Waals surface area contributed by atoms with Gasteiger partial charge in [-0.05, 0) is 96.5 Å². The Hall–Kier alpha value is -3.78. The van der Waals surface area contributed by atoms with Gasteiger partial charge in [0.2, 0.25) is 0 Å². The average Bonchev–Trinajstić information content (AvgIpc) is 3.00. The molecule has 1 aliphatic heterocycles. The number of ketones is 2. The van der Waals surface area contributed by atoms with Crippen molar-refractivity contribution in [2.75, 3.05) is 6.61 Å². The van der Waals surface area contributed by atoms with Gasteiger partial charge in [0, 0.05) is 23.0 Å². The van der Waals surface area contributed by atoms with Crippen molar-refractivity contribution in [2.24, 2.45) is 17.8 Å². The third kappa shape index (κ3) is 5.06. The van der Waals surface area contributed by atoms with E-state index in [0.717, 1.165) is 39.0 Å². The summed E-state index contributed by atoms with van der Waals surface area (Å²) in [6.07, 6.45) is 3.28. The number of aromatic hydroxyl groups is 1. The Morgan fingerprint density at radius 2 is 1.60 bits per heavy atom. The van der Waals surface area contributed by atoms with Crippen LogP contribution in [0.3, 0.4) is 0 Å². The van der Waals surface area contributed by atoms with Crippen LogP contribution >= 0.6 is 0 Å². The predicted molar refractivity (Wildman–Crippen MR) is 163 cm³/mol. The zero-order valence-electron chi connectivity index (χ0n) is 23.9. The monoisotopic (exact) mass is 562 g/mol. The molecule has 3 aliphatic rings. The number of aliphatic hydroxyl groups is 1. The number of benzene rings is 3. The topological polar surface area (TPSA) is 104 Å². The standard InChI is InChI=1S/C35H35BO6/c1-20-14-22(15-21(2)33(20)38)16-24(23-8-4-3-5-9-23)12-13-30-31-25(19-37)17-28-32(29(31)18-36(41)42-30)35(40)27-11-7-6-10-26(27)34(28)39/h3-11,14-16,28-30,32,37-38,41H,12-13,17-19H2,1-2H3/b24-16-/t28-,29+,30-,32-/m1/s1. The summed E-state index contributed by atoms with van der Waals surface area (Å²) < 4.78 is 6.12. The van der Waals surface area contributed by atoms with Crippen LogP contribution in [0.15, 0.2) is 77.9 Å². The van der Waals surface area contributed by atoms with Crippen molar-refractivity contribution >= 4 is 30.3 Å². The second-order valence-corrected chi connectivity index (χ2v) is 11.8. The number of aryl methyl sites for hydroxylation is 2. The molecule has 0 aromatic heterocycles. The fraction of sp³-hybridized carbons (Fsp3) is 0.314. The number of rotatable bonds is 6. The van der Waals surface area contributed by atoms with Crippen molar-refractivity contribution in [2.45, 2.75) is 45.5 Å². The van der Waals surface area contributed by atoms with E-state index in [2.05, 4.69) is 18.2 Å². The van der Waals surface area contributed by atoms with Gasteiger partial charge in [-0.1, -0.05) is 60.7 Å². The van der Waals surface area contributed by atoms with Gasteiger partial charge in [-0.15, -0.1) is 0 Å². The maximum Gasteiger partial charge on any atom is 0.455 e. The molecule has 1 saturated heterocycles. The van der Waals surface area contributed by atoms with E-state index >= 15 is 0 Å². The van der Waals surface area contributed by atoms with E-state index in [4.69, 9.17) is 4.65 Å². The van der Waals surface area contributed by atoms with Crippen molar-refractivity contribution in [1.29, 1.82) is 0 Å². The molecule has 2 aliphatic carbocycles. The molecule has 0 saturated carbocycles. The molecular formula is C35H35BO6. The predicted octanol–water partition coefficient (Wildman–Crippen LogP) is 5.83. The van der Waals surface area contributed by atoms with Gasteiger partial charge >= 0.3 is 7.12 Å². The van der Waals surface area contributed by atoms with Crippen molar-refractivity contribution in [3.8, 4) is 5.75 Å². The number of carbonyl (C=O) groups is 2. The second kappa shape index (κ2) is 11.5. The molecule has 6 rings (SSSR count). The van der Waals surface area contributed by atoms with Gasteiger partial charge in [-0.25, -0.2) is 0 Å². The Morgan fingerprint density at radius 1 is 0.952 bits per heavy atom. The summed E-state index contributed by atoms with van der Waals surface area (Å²) in [7, 11) is -1.07. The normalized spacial score (nSPS) is 23.9. The molecule has 1 fully saturated rings. The third-order valence-electron chi connectivity index (χ3n) is 9.23. The summed E-state index contributed by atoms with van der Waals surface area (Å²) in [5.74, 6) is -1.34. The quantitative estimate of drug-likeness (QED) is 0.199. The van der Waals surface area contributed by atoms with Crippen LogP contribution in [0, 0.1) is 31.6 Å². The molecule has 4 atom stereocenters. The Labute approximate surface area is 246 Å². The van der Waals surface area contributed by atoms with E-state index in [1.54, 1.807) is 24.3 Å². The Bertz CT molecular complexity index is 1580. The van der Waals surface area contributed by atoms with E-state index in [1.807, 2.05) is 44.2 Å². The highest BCUT2D eigenvalue weighted by molar-refractivity contribution is 6.43. The van der Waals surface area contributed by atoms with E-state index in [-0.39, 0.29) is 30.4 Å². The van der Waals surface area contributed by atoms with Crippen molar-refractivity contribution < 1.29 is 29.5 Å². The van der Waals surface area contributed by atoms with Crippen molar-refractivity contribution in [3.05, 3.63) is 111 Å². The van der Waals surface area contributed by atoms with Gasteiger partial charge < -0.3 is 19.9 Å². The van der Waals surface area contributed by atoms with Gasteiger partial charge in [-0.3, -0.25) is 9.59 Å². The Morgan fingerprint density at radius 3 is 2.26 bits per heavy atom. The molecule has 0 radical (unpaired) electrons. The molecule has 214 valence electrons. The summed E-state index contributed by atoms with van der Waals surface area (Å²) >= 11 is 0. The first kappa shape index (κ1) is 28.3. The summed E-state index contributed by atoms with van der Waals surface area (Å²) in [5, 5.41) is 31.6. The molecule has 7 heteroatoms. The van der Waals surface area contributed by atoms with Crippen LogP contribution in [0.25, 0.3) is 11.6 Å². The van der Waals surface area contributed by atoms with Crippen LogP contribution in [0.4, 0.5) is 0 Å². The van der Waals surface area contributed by atoms with Crippen LogP contribution < -0.4 is 0 Å². The lowest BCUT2D eigenvalue weighted by Crippen LogP contribution is -2.51. The van der Waals surface area contributed by atoms with E-state index in [1.165, 1.54) is 0 Å². The van der Waals surface area contributed by atoms with E-state index in [9.17, 15) is 24.8 Å². The van der Waals surface area contributed by atoms with Gasteiger partial charge in [0.15, 0.2) is 11.6 Å². The third-order valence-corrected chi connectivity index (χ3v) is 9.23. The summed E-state index contributed by atoms with van der Waals surface area (Å²) in [6, 6.07) is 20.9. The molecule has 42 heavy (non-hydrogen) atoms. The van der Waals surface area contributed by atoms with Crippen LogP contribution in [-0.2, 0) is 4.65 Å². The molecule has 3 aromatic rings. The zero-order chi connectivity index (χ0) is 29.5. The smallest absolute Gasteiger partial charge is 0.455 e. The number of phenols is 1. The minimum atomic E-state index is -1.07. The summed E-state index contributed by atoms with van der Waals surface area (Å²) in [6.45, 7) is 3.55. The highest BCUT2D eigenvalue weighted by Crippen LogP contribution is 2.51.